The third-order valence-corrected chi connectivity index (χ3v) is 2.59. The molecular formula is C12H19NO. The van der Waals surface area contributed by atoms with Gasteiger partial charge in [0.1, 0.15) is 0 Å². The van der Waals surface area contributed by atoms with Crippen molar-refractivity contribution in [2.45, 2.75) is 25.5 Å². The minimum absolute atomic E-state index is 0.192. The van der Waals surface area contributed by atoms with E-state index in [4.69, 9.17) is 0 Å². The topological polar surface area (TPSA) is 23.5 Å². The second-order valence-electron chi connectivity index (χ2n) is 3.79. The van der Waals surface area contributed by atoms with Crippen LogP contribution in [0.5, 0.6) is 0 Å². The van der Waals surface area contributed by atoms with Gasteiger partial charge in [0.15, 0.2) is 0 Å². The van der Waals surface area contributed by atoms with Crippen LogP contribution in [0.3, 0.4) is 0 Å². The van der Waals surface area contributed by atoms with E-state index in [-0.39, 0.29) is 6.04 Å². The molecule has 0 saturated carbocycles. The van der Waals surface area contributed by atoms with Gasteiger partial charge in [0, 0.05) is 6.04 Å². The fourth-order valence-electron chi connectivity index (χ4n) is 1.74. The summed E-state index contributed by atoms with van der Waals surface area (Å²) in [6.07, 6.45) is 0.555. The van der Waals surface area contributed by atoms with Crippen LogP contribution in [0.1, 0.15) is 25.0 Å². The Morgan fingerprint density at radius 1 is 1.21 bits per heavy atom. The molecule has 0 aliphatic heterocycles. The van der Waals surface area contributed by atoms with Gasteiger partial charge in [-0.15, -0.1) is 0 Å². The molecule has 0 unspecified atom stereocenters. The minimum atomic E-state index is -0.392. The van der Waals surface area contributed by atoms with Gasteiger partial charge in [0.2, 0.25) is 0 Å². The highest BCUT2D eigenvalue weighted by molar-refractivity contribution is 5.18. The second-order valence-corrected chi connectivity index (χ2v) is 3.79. The van der Waals surface area contributed by atoms with Crippen molar-refractivity contribution in [1.82, 2.24) is 4.90 Å². The van der Waals surface area contributed by atoms with E-state index < -0.39 is 6.10 Å². The molecule has 2 heteroatoms. The monoisotopic (exact) mass is 193 g/mol. The van der Waals surface area contributed by atoms with Crippen molar-refractivity contribution >= 4 is 0 Å². The molecule has 0 aliphatic carbocycles. The summed E-state index contributed by atoms with van der Waals surface area (Å²) in [7, 11) is 4.00. The first-order chi connectivity index (χ1) is 6.66. The van der Waals surface area contributed by atoms with Crippen LogP contribution < -0.4 is 0 Å². The minimum Gasteiger partial charge on any atom is -0.387 e. The Bertz CT molecular complexity index is 258. The van der Waals surface area contributed by atoms with Crippen molar-refractivity contribution in [1.29, 1.82) is 0 Å². The van der Waals surface area contributed by atoms with Crippen LogP contribution >= 0.6 is 0 Å². The summed E-state index contributed by atoms with van der Waals surface area (Å²) in [5.74, 6) is 0. The Morgan fingerprint density at radius 2 is 1.79 bits per heavy atom. The molecule has 2 atom stereocenters. The van der Waals surface area contributed by atoms with E-state index in [1.165, 1.54) is 0 Å². The van der Waals surface area contributed by atoms with Crippen LogP contribution in [-0.2, 0) is 0 Å². The Morgan fingerprint density at radius 3 is 2.21 bits per heavy atom. The molecule has 0 aliphatic rings. The van der Waals surface area contributed by atoms with E-state index in [9.17, 15) is 5.11 Å². The summed E-state index contributed by atoms with van der Waals surface area (Å²) >= 11 is 0. The molecule has 0 fully saturated rings. The summed E-state index contributed by atoms with van der Waals surface area (Å²) in [5, 5.41) is 10.1. The molecule has 1 N–H and O–H groups in total. The molecule has 0 bridgehead atoms. The molecule has 1 rings (SSSR count). The molecule has 0 saturated heterocycles. The molecule has 0 spiro atoms. The molecule has 0 aromatic heterocycles. The van der Waals surface area contributed by atoms with Crippen molar-refractivity contribution < 1.29 is 5.11 Å². The molecule has 1 aromatic carbocycles. The largest absolute Gasteiger partial charge is 0.387 e. The second kappa shape index (κ2) is 5.13. The fourth-order valence-corrected chi connectivity index (χ4v) is 1.74. The molecule has 1 aromatic rings. The standard InChI is InChI=1S/C12H19NO/c1-4-11(13(2)3)12(14)10-8-6-5-7-9-10/h5-9,11-12,14H,4H2,1-3H3/t11-,12-/m1/s1. The number of aliphatic hydroxyl groups excluding tert-OH is 1. The highest BCUT2D eigenvalue weighted by Crippen LogP contribution is 2.21. The van der Waals surface area contributed by atoms with E-state index in [1.807, 2.05) is 44.4 Å². The number of likely N-dealkylation sites (N-methyl/N-ethyl adjacent to an activating group) is 1. The maximum Gasteiger partial charge on any atom is 0.0944 e. The Balaban J connectivity index is 2.78. The SMILES string of the molecule is CC[C@H]([C@H](O)c1ccccc1)N(C)C. The van der Waals surface area contributed by atoms with Crippen molar-refractivity contribution in [3.05, 3.63) is 35.9 Å². The van der Waals surface area contributed by atoms with Crippen molar-refractivity contribution in [3.63, 3.8) is 0 Å². The molecule has 0 heterocycles. The van der Waals surface area contributed by atoms with Crippen LogP contribution in [0.15, 0.2) is 30.3 Å². The lowest BCUT2D eigenvalue weighted by atomic mass is 10.00. The summed E-state index contributed by atoms with van der Waals surface area (Å²) < 4.78 is 0. The van der Waals surface area contributed by atoms with Gasteiger partial charge in [-0.2, -0.15) is 0 Å². The number of benzene rings is 1. The Kier molecular flexibility index (Phi) is 4.11. The van der Waals surface area contributed by atoms with E-state index >= 15 is 0 Å². The van der Waals surface area contributed by atoms with Gasteiger partial charge in [0.25, 0.3) is 0 Å². The molecule has 2 nitrogen and oxygen atoms in total. The summed E-state index contributed by atoms with van der Waals surface area (Å²) in [4.78, 5) is 2.07. The van der Waals surface area contributed by atoms with Gasteiger partial charge >= 0.3 is 0 Å². The third kappa shape index (κ3) is 2.56. The van der Waals surface area contributed by atoms with Crippen molar-refractivity contribution in [3.8, 4) is 0 Å². The first-order valence-electron chi connectivity index (χ1n) is 5.06. The van der Waals surface area contributed by atoms with Gasteiger partial charge in [-0.05, 0) is 26.1 Å². The zero-order valence-corrected chi connectivity index (χ0v) is 9.14. The lowest BCUT2D eigenvalue weighted by molar-refractivity contribution is 0.0734. The molecule has 0 amide bonds. The third-order valence-electron chi connectivity index (χ3n) is 2.59. The quantitative estimate of drug-likeness (QED) is 0.791. The smallest absolute Gasteiger partial charge is 0.0944 e. The van der Waals surface area contributed by atoms with Gasteiger partial charge in [-0.1, -0.05) is 37.3 Å². The molecule has 14 heavy (non-hydrogen) atoms. The van der Waals surface area contributed by atoms with Crippen LogP contribution in [0.25, 0.3) is 0 Å². The normalized spacial score (nSPS) is 15.5. The highest BCUT2D eigenvalue weighted by Gasteiger charge is 2.20. The Labute approximate surface area is 86.2 Å². The fraction of sp³-hybridized carbons (Fsp3) is 0.500. The lowest BCUT2D eigenvalue weighted by Crippen LogP contribution is -2.33. The maximum absolute atomic E-state index is 10.1. The zero-order valence-electron chi connectivity index (χ0n) is 9.14. The zero-order chi connectivity index (χ0) is 10.6. The van der Waals surface area contributed by atoms with Crippen molar-refractivity contribution in [2.75, 3.05) is 14.1 Å². The molecular weight excluding hydrogens is 174 g/mol. The molecule has 0 radical (unpaired) electrons. The van der Waals surface area contributed by atoms with Gasteiger partial charge in [-0.3, -0.25) is 0 Å². The first kappa shape index (κ1) is 11.2. The van der Waals surface area contributed by atoms with Crippen LogP contribution in [-0.4, -0.2) is 30.1 Å². The lowest BCUT2D eigenvalue weighted by Gasteiger charge is -2.28. The average molecular weight is 193 g/mol. The van der Waals surface area contributed by atoms with Gasteiger partial charge < -0.3 is 10.0 Å². The van der Waals surface area contributed by atoms with E-state index in [0.717, 1.165) is 12.0 Å². The number of rotatable bonds is 4. The average Bonchev–Trinajstić information content (AvgIpc) is 2.19. The predicted octanol–water partition coefficient (Wildman–Crippen LogP) is 2.06. The molecule has 78 valence electrons. The predicted molar refractivity (Wildman–Crippen MR) is 59.2 cm³/mol. The number of hydrogen-bond acceptors (Lipinski definition) is 2. The van der Waals surface area contributed by atoms with E-state index in [1.54, 1.807) is 0 Å². The van der Waals surface area contributed by atoms with Gasteiger partial charge in [0.05, 0.1) is 6.10 Å². The summed E-state index contributed by atoms with van der Waals surface area (Å²) in [5.41, 5.74) is 0.994. The number of nitrogens with zero attached hydrogens (tertiary/aromatic N) is 1. The van der Waals surface area contributed by atoms with Crippen LogP contribution in [0.4, 0.5) is 0 Å². The summed E-state index contributed by atoms with van der Waals surface area (Å²) in [6, 6.07) is 10.0. The number of aliphatic hydroxyl groups is 1. The van der Waals surface area contributed by atoms with Crippen molar-refractivity contribution in [2.24, 2.45) is 0 Å². The van der Waals surface area contributed by atoms with E-state index in [0.29, 0.717) is 0 Å². The van der Waals surface area contributed by atoms with Crippen LogP contribution in [0.2, 0.25) is 0 Å². The number of hydrogen-bond donors (Lipinski definition) is 1. The maximum atomic E-state index is 10.1. The summed E-state index contributed by atoms with van der Waals surface area (Å²) in [6.45, 7) is 2.09. The Hall–Kier alpha value is -0.860. The van der Waals surface area contributed by atoms with E-state index in [2.05, 4.69) is 11.8 Å². The first-order valence-corrected chi connectivity index (χ1v) is 5.06. The highest BCUT2D eigenvalue weighted by atomic mass is 16.3. The van der Waals surface area contributed by atoms with Crippen LogP contribution in [0, 0.1) is 0 Å². The van der Waals surface area contributed by atoms with Gasteiger partial charge in [-0.25, -0.2) is 0 Å².